The Kier molecular flexibility index (Phi) is 6.63. The van der Waals surface area contributed by atoms with Crippen LogP contribution in [0.4, 0.5) is 4.39 Å². The molecular formula is C24H37FN4O3. The predicted octanol–water partition coefficient (Wildman–Crippen LogP) is 2.33. The van der Waals surface area contributed by atoms with E-state index >= 15 is 0 Å². The SMILES string of the molecule is CC(C)(/C=C/N/C(=C(\C=N)C(=O)N[C@@H]1CCC2CC3C1C[C@]3(O)C2)N1CCOCC1)CF. The Morgan fingerprint density at radius 1 is 1.31 bits per heavy atom. The fourth-order valence-corrected chi connectivity index (χ4v) is 5.97. The number of rotatable bonds is 8. The summed E-state index contributed by atoms with van der Waals surface area (Å²) in [5.41, 5.74) is -0.872. The number of amides is 1. The van der Waals surface area contributed by atoms with Crippen LogP contribution < -0.4 is 10.6 Å². The van der Waals surface area contributed by atoms with Crippen LogP contribution in [-0.2, 0) is 9.53 Å². The van der Waals surface area contributed by atoms with Gasteiger partial charge in [0.05, 0.1) is 31.1 Å². The first-order valence-electron chi connectivity index (χ1n) is 11.9. The Morgan fingerprint density at radius 3 is 2.75 bits per heavy atom. The Bertz CT molecular complexity index is 792. The number of halogens is 1. The number of allylic oxidation sites excluding steroid dienone is 1. The van der Waals surface area contributed by atoms with Crippen molar-refractivity contribution in [1.29, 1.82) is 5.41 Å². The molecule has 0 spiro atoms. The molecule has 4 N–H and O–H groups in total. The van der Waals surface area contributed by atoms with Crippen molar-refractivity contribution >= 4 is 12.1 Å². The number of fused-ring (bicyclic) bond motifs is 1. The Balaban J connectivity index is 1.52. The normalized spacial score (nSPS) is 35.1. The minimum absolute atomic E-state index is 0.0278. The predicted molar refractivity (Wildman–Crippen MR) is 121 cm³/mol. The van der Waals surface area contributed by atoms with E-state index in [1.807, 2.05) is 4.90 Å². The second kappa shape index (κ2) is 9.14. The molecule has 2 bridgehead atoms. The molecule has 0 radical (unpaired) electrons. The third-order valence-corrected chi connectivity index (χ3v) is 7.82. The van der Waals surface area contributed by atoms with E-state index in [1.165, 1.54) is 0 Å². The summed E-state index contributed by atoms with van der Waals surface area (Å²) >= 11 is 0. The molecule has 4 rings (SSSR count). The van der Waals surface area contributed by atoms with Crippen LogP contribution in [0.3, 0.4) is 0 Å². The molecular weight excluding hydrogens is 411 g/mol. The molecule has 178 valence electrons. The molecule has 5 atom stereocenters. The number of carbonyl (C=O) groups excluding carboxylic acids is 1. The molecule has 32 heavy (non-hydrogen) atoms. The van der Waals surface area contributed by atoms with Gasteiger partial charge in [-0.15, -0.1) is 0 Å². The number of hydrogen-bond donors (Lipinski definition) is 4. The Labute approximate surface area is 190 Å². The average Bonchev–Trinajstić information content (AvgIpc) is 2.92. The van der Waals surface area contributed by atoms with Gasteiger partial charge in [0.2, 0.25) is 0 Å². The minimum atomic E-state index is -0.614. The van der Waals surface area contributed by atoms with Gasteiger partial charge in [0.15, 0.2) is 0 Å². The van der Waals surface area contributed by atoms with Gasteiger partial charge in [-0.1, -0.05) is 19.9 Å². The van der Waals surface area contributed by atoms with Crippen LogP contribution in [0.1, 0.15) is 46.0 Å². The van der Waals surface area contributed by atoms with Crippen molar-refractivity contribution in [3.63, 3.8) is 0 Å². The van der Waals surface area contributed by atoms with E-state index in [0.29, 0.717) is 44.0 Å². The lowest BCUT2D eigenvalue weighted by Gasteiger charge is -2.51. The van der Waals surface area contributed by atoms with Crippen LogP contribution in [0.2, 0.25) is 0 Å². The van der Waals surface area contributed by atoms with Crippen molar-refractivity contribution in [2.45, 2.75) is 57.6 Å². The molecule has 7 nitrogen and oxygen atoms in total. The molecule has 0 aromatic rings. The van der Waals surface area contributed by atoms with Crippen LogP contribution in [0, 0.1) is 28.6 Å². The molecule has 1 aliphatic heterocycles. The summed E-state index contributed by atoms with van der Waals surface area (Å²) in [6.45, 7) is 5.41. The Hall–Kier alpha value is -1.93. The third-order valence-electron chi connectivity index (χ3n) is 7.82. The standard InChI is InChI=1S/C24H37FN4O3/c1-23(2,15-25)5-6-27-21(29-7-9-32-10-8-29)18(14-26)22(30)28-20-4-3-16-11-19-17(20)13-24(19,31)12-16/h5-6,14,16-17,19-20,26-27,31H,3-4,7-13,15H2,1-2H3,(H,28,30)/b6-5+,21-18-,26-14?/t16?,17?,19?,20-,24-/m1/s1. The summed E-state index contributed by atoms with van der Waals surface area (Å²) in [6, 6.07) is 0.0278. The zero-order valence-electron chi connectivity index (χ0n) is 19.2. The lowest BCUT2D eigenvalue weighted by atomic mass is 9.59. The smallest absolute Gasteiger partial charge is 0.256 e. The number of alkyl halides is 1. The molecule has 8 heteroatoms. The highest BCUT2D eigenvalue weighted by Crippen LogP contribution is 2.60. The van der Waals surface area contributed by atoms with Gasteiger partial charge >= 0.3 is 0 Å². The summed E-state index contributed by atoms with van der Waals surface area (Å²) in [6.07, 6.45) is 9.19. The molecule has 4 aliphatic rings. The number of morpholine rings is 1. The van der Waals surface area contributed by atoms with E-state index in [0.717, 1.165) is 38.3 Å². The highest BCUT2D eigenvalue weighted by molar-refractivity contribution is 6.12. The van der Waals surface area contributed by atoms with Gasteiger partial charge in [0.1, 0.15) is 5.82 Å². The molecule has 1 heterocycles. The average molecular weight is 449 g/mol. The number of aliphatic hydroxyl groups is 1. The molecule has 0 aromatic carbocycles. The van der Waals surface area contributed by atoms with Crippen molar-refractivity contribution in [2.75, 3.05) is 33.0 Å². The van der Waals surface area contributed by atoms with Gasteiger partial charge in [-0.25, -0.2) is 0 Å². The maximum absolute atomic E-state index is 13.3. The van der Waals surface area contributed by atoms with Gasteiger partial charge < -0.3 is 30.8 Å². The van der Waals surface area contributed by atoms with E-state index in [2.05, 4.69) is 10.6 Å². The van der Waals surface area contributed by atoms with E-state index in [4.69, 9.17) is 10.1 Å². The first-order chi connectivity index (χ1) is 15.3. The van der Waals surface area contributed by atoms with E-state index in [-0.39, 0.29) is 23.4 Å². The largest absolute Gasteiger partial charge is 0.390 e. The number of nitrogens with zero attached hydrogens (tertiary/aromatic N) is 1. The summed E-state index contributed by atoms with van der Waals surface area (Å²) in [5.74, 6) is 1.44. The second-order valence-electron chi connectivity index (χ2n) is 10.6. The highest BCUT2D eigenvalue weighted by Gasteiger charge is 2.61. The number of ether oxygens (including phenoxy) is 1. The molecule has 1 amide bonds. The van der Waals surface area contributed by atoms with Crippen LogP contribution in [-0.4, -0.2) is 66.7 Å². The molecule has 1 saturated heterocycles. The summed E-state index contributed by atoms with van der Waals surface area (Å²) in [5, 5.41) is 25.1. The number of hydrogen-bond acceptors (Lipinski definition) is 6. The van der Waals surface area contributed by atoms with E-state index in [1.54, 1.807) is 26.1 Å². The molecule has 0 aromatic heterocycles. The molecule has 4 fully saturated rings. The minimum Gasteiger partial charge on any atom is -0.390 e. The van der Waals surface area contributed by atoms with E-state index < -0.39 is 17.7 Å². The summed E-state index contributed by atoms with van der Waals surface area (Å²) in [7, 11) is 0. The number of carbonyl (C=O) groups is 1. The zero-order valence-corrected chi connectivity index (χ0v) is 19.2. The quantitative estimate of drug-likeness (QED) is 0.338. The van der Waals surface area contributed by atoms with Crippen LogP contribution in [0.15, 0.2) is 23.7 Å². The first kappa shape index (κ1) is 23.2. The van der Waals surface area contributed by atoms with Crippen molar-refractivity contribution < 1.29 is 19.0 Å². The molecule has 3 unspecified atom stereocenters. The van der Waals surface area contributed by atoms with Crippen LogP contribution >= 0.6 is 0 Å². The zero-order chi connectivity index (χ0) is 22.9. The lowest BCUT2D eigenvalue weighted by molar-refractivity contribution is -0.137. The van der Waals surface area contributed by atoms with E-state index in [9.17, 15) is 14.3 Å². The van der Waals surface area contributed by atoms with Crippen molar-refractivity contribution in [2.24, 2.45) is 23.2 Å². The molecule has 3 aliphatic carbocycles. The highest BCUT2D eigenvalue weighted by atomic mass is 19.1. The maximum atomic E-state index is 13.3. The van der Waals surface area contributed by atoms with Crippen molar-refractivity contribution in [3.05, 3.63) is 23.7 Å². The lowest BCUT2D eigenvalue weighted by Crippen LogP contribution is -2.59. The summed E-state index contributed by atoms with van der Waals surface area (Å²) in [4.78, 5) is 15.3. The fraction of sp³-hybridized carbons (Fsp3) is 0.750. The number of nitrogens with one attached hydrogen (secondary N) is 3. The summed E-state index contributed by atoms with van der Waals surface area (Å²) < 4.78 is 18.6. The Morgan fingerprint density at radius 2 is 2.06 bits per heavy atom. The second-order valence-corrected chi connectivity index (χ2v) is 10.6. The van der Waals surface area contributed by atoms with Crippen LogP contribution in [0.5, 0.6) is 0 Å². The monoisotopic (exact) mass is 448 g/mol. The van der Waals surface area contributed by atoms with Crippen LogP contribution in [0.25, 0.3) is 0 Å². The van der Waals surface area contributed by atoms with Gasteiger partial charge in [-0.3, -0.25) is 9.18 Å². The maximum Gasteiger partial charge on any atom is 0.256 e. The topological polar surface area (TPSA) is 97.7 Å². The van der Waals surface area contributed by atoms with Gasteiger partial charge in [0, 0.05) is 30.8 Å². The first-order valence-corrected chi connectivity index (χ1v) is 11.9. The fourth-order valence-electron chi connectivity index (χ4n) is 5.97. The van der Waals surface area contributed by atoms with Gasteiger partial charge in [0.25, 0.3) is 5.91 Å². The van der Waals surface area contributed by atoms with Crippen molar-refractivity contribution in [1.82, 2.24) is 15.5 Å². The van der Waals surface area contributed by atoms with Gasteiger partial charge in [-0.2, -0.15) is 0 Å². The molecule has 3 saturated carbocycles. The van der Waals surface area contributed by atoms with Gasteiger partial charge in [-0.05, 0) is 56.1 Å². The van der Waals surface area contributed by atoms with Crippen molar-refractivity contribution in [3.8, 4) is 0 Å². The third kappa shape index (κ3) is 4.57.